The van der Waals surface area contributed by atoms with Gasteiger partial charge in [0.15, 0.2) is 0 Å². The number of amides is 1. The molecule has 5 heteroatoms. The molecule has 0 unspecified atom stereocenters. The first-order chi connectivity index (χ1) is 13.9. The number of carbonyl (C=O) groups excluding carboxylic acids is 1. The molecule has 0 spiro atoms. The van der Waals surface area contributed by atoms with Gasteiger partial charge in [0.25, 0.3) is 0 Å². The zero-order valence-corrected chi connectivity index (χ0v) is 18.2. The van der Waals surface area contributed by atoms with Gasteiger partial charge in [0.05, 0.1) is 5.02 Å². The van der Waals surface area contributed by atoms with Gasteiger partial charge >= 0.3 is 0 Å². The van der Waals surface area contributed by atoms with Gasteiger partial charge < -0.3 is 14.9 Å². The van der Waals surface area contributed by atoms with Gasteiger partial charge in [-0.25, -0.2) is 0 Å². The number of carbonyl (C=O) groups is 1. The van der Waals surface area contributed by atoms with Crippen molar-refractivity contribution in [2.75, 3.05) is 20.1 Å². The van der Waals surface area contributed by atoms with E-state index in [1.807, 2.05) is 29.2 Å². The lowest BCUT2D eigenvalue weighted by Gasteiger charge is -2.37. The summed E-state index contributed by atoms with van der Waals surface area (Å²) in [4.78, 5) is 15.8. The standard InChI is InChI=1S/C13H17NO.C11H14ClNO/c1-11(15)14(13-8-5-9-13)10-12-6-3-2-4-7-12;1-13-4-2-8-6-10(12)11(14)7-9(8)3-5-13/h2-4,6-7,13H,5,8-10H2,1H3;6-7,14H,2-5H2,1H3. The van der Waals surface area contributed by atoms with E-state index in [0.29, 0.717) is 11.1 Å². The lowest BCUT2D eigenvalue weighted by atomic mass is 9.91. The van der Waals surface area contributed by atoms with Crippen LogP contribution in [0.5, 0.6) is 5.75 Å². The van der Waals surface area contributed by atoms with Crippen LogP contribution in [0.25, 0.3) is 0 Å². The zero-order chi connectivity index (χ0) is 20.8. The number of likely N-dealkylation sites (N-methyl/N-ethyl adjacent to an activating group) is 1. The molecule has 1 heterocycles. The molecule has 1 aliphatic carbocycles. The largest absolute Gasteiger partial charge is 0.506 e. The number of hydrogen-bond acceptors (Lipinski definition) is 3. The molecule has 1 fully saturated rings. The van der Waals surface area contributed by atoms with Gasteiger partial charge in [0.2, 0.25) is 5.91 Å². The fourth-order valence-electron chi connectivity index (χ4n) is 3.82. The summed E-state index contributed by atoms with van der Waals surface area (Å²) < 4.78 is 0. The van der Waals surface area contributed by atoms with E-state index in [2.05, 4.69) is 24.1 Å². The zero-order valence-electron chi connectivity index (χ0n) is 17.4. The van der Waals surface area contributed by atoms with Crippen LogP contribution in [0.15, 0.2) is 42.5 Å². The van der Waals surface area contributed by atoms with Gasteiger partial charge in [-0.2, -0.15) is 0 Å². The molecule has 1 saturated carbocycles. The second-order valence-corrected chi connectivity index (χ2v) is 8.50. The molecule has 1 N–H and O–H groups in total. The summed E-state index contributed by atoms with van der Waals surface area (Å²) in [5.74, 6) is 0.401. The topological polar surface area (TPSA) is 43.8 Å². The summed E-state index contributed by atoms with van der Waals surface area (Å²) >= 11 is 5.87. The fraction of sp³-hybridized carbons (Fsp3) is 0.458. The second kappa shape index (κ2) is 10.1. The Kier molecular flexibility index (Phi) is 7.57. The second-order valence-electron chi connectivity index (χ2n) is 8.09. The number of fused-ring (bicyclic) bond motifs is 1. The van der Waals surface area contributed by atoms with E-state index in [9.17, 15) is 9.90 Å². The Morgan fingerprint density at radius 1 is 1.14 bits per heavy atom. The molecular weight excluding hydrogens is 384 g/mol. The van der Waals surface area contributed by atoms with Crippen LogP contribution in [0, 0.1) is 0 Å². The van der Waals surface area contributed by atoms with Gasteiger partial charge in [-0.1, -0.05) is 41.9 Å². The molecule has 2 aromatic rings. The predicted molar refractivity (Wildman–Crippen MR) is 118 cm³/mol. The van der Waals surface area contributed by atoms with Crippen molar-refractivity contribution in [3.8, 4) is 5.75 Å². The molecule has 2 aliphatic rings. The van der Waals surface area contributed by atoms with Crippen molar-refractivity contribution >= 4 is 17.5 Å². The third-order valence-corrected chi connectivity index (χ3v) is 6.21. The smallest absolute Gasteiger partial charge is 0.219 e. The third kappa shape index (κ3) is 5.97. The Morgan fingerprint density at radius 3 is 2.31 bits per heavy atom. The van der Waals surface area contributed by atoms with Crippen LogP contribution >= 0.6 is 11.6 Å². The molecule has 156 valence electrons. The lowest BCUT2D eigenvalue weighted by Crippen LogP contribution is -2.42. The number of phenols is 1. The highest BCUT2D eigenvalue weighted by molar-refractivity contribution is 6.32. The quantitative estimate of drug-likeness (QED) is 0.794. The summed E-state index contributed by atoms with van der Waals surface area (Å²) in [6.07, 6.45) is 5.63. The molecule has 0 saturated heterocycles. The summed E-state index contributed by atoms with van der Waals surface area (Å²) in [5, 5.41) is 9.95. The number of hydrogen-bond donors (Lipinski definition) is 1. The Bertz CT molecular complexity index is 788. The highest BCUT2D eigenvalue weighted by Crippen LogP contribution is 2.29. The maximum absolute atomic E-state index is 11.5. The van der Waals surface area contributed by atoms with E-state index >= 15 is 0 Å². The number of rotatable bonds is 3. The minimum Gasteiger partial charge on any atom is -0.506 e. The number of halogens is 1. The van der Waals surface area contributed by atoms with Crippen molar-refractivity contribution in [3.63, 3.8) is 0 Å². The number of benzene rings is 2. The summed E-state index contributed by atoms with van der Waals surface area (Å²) in [6.45, 7) is 4.55. The molecule has 4 nitrogen and oxygen atoms in total. The van der Waals surface area contributed by atoms with E-state index in [-0.39, 0.29) is 11.7 Å². The van der Waals surface area contributed by atoms with E-state index in [1.54, 1.807) is 13.0 Å². The van der Waals surface area contributed by atoms with Gasteiger partial charge in [0, 0.05) is 32.6 Å². The van der Waals surface area contributed by atoms with Crippen molar-refractivity contribution in [1.29, 1.82) is 0 Å². The fourth-order valence-corrected chi connectivity index (χ4v) is 4.01. The van der Waals surface area contributed by atoms with Crippen molar-refractivity contribution in [2.45, 2.75) is 51.6 Å². The Balaban J connectivity index is 0.000000166. The van der Waals surface area contributed by atoms with Crippen molar-refractivity contribution < 1.29 is 9.90 Å². The number of aromatic hydroxyl groups is 1. The molecule has 29 heavy (non-hydrogen) atoms. The van der Waals surface area contributed by atoms with Crippen LogP contribution in [0.4, 0.5) is 0 Å². The predicted octanol–water partition coefficient (Wildman–Crippen LogP) is 4.66. The minimum atomic E-state index is 0.198. The molecule has 1 aliphatic heterocycles. The first-order valence-electron chi connectivity index (χ1n) is 10.4. The molecule has 0 aromatic heterocycles. The van der Waals surface area contributed by atoms with Crippen LogP contribution in [-0.2, 0) is 24.2 Å². The van der Waals surface area contributed by atoms with Crippen LogP contribution in [0.1, 0.15) is 42.9 Å². The molecule has 4 rings (SSSR count). The Morgan fingerprint density at radius 2 is 1.76 bits per heavy atom. The molecule has 0 radical (unpaired) electrons. The number of phenolic OH excluding ortho intramolecular Hbond substituents is 1. The Labute approximate surface area is 179 Å². The van der Waals surface area contributed by atoms with Gasteiger partial charge in [0.1, 0.15) is 5.75 Å². The lowest BCUT2D eigenvalue weighted by molar-refractivity contribution is -0.133. The first kappa shape index (κ1) is 21.7. The molecule has 1 amide bonds. The maximum Gasteiger partial charge on any atom is 0.219 e. The average molecular weight is 415 g/mol. The Hall–Kier alpha value is -2.04. The van der Waals surface area contributed by atoms with Crippen LogP contribution in [0.2, 0.25) is 5.02 Å². The van der Waals surface area contributed by atoms with E-state index in [1.165, 1.54) is 36.0 Å². The van der Waals surface area contributed by atoms with Gasteiger partial charge in [-0.05, 0) is 68.0 Å². The minimum absolute atomic E-state index is 0.198. The third-order valence-electron chi connectivity index (χ3n) is 5.91. The van der Waals surface area contributed by atoms with Crippen LogP contribution < -0.4 is 0 Å². The normalized spacial score (nSPS) is 16.7. The first-order valence-corrected chi connectivity index (χ1v) is 10.8. The van der Waals surface area contributed by atoms with Crippen molar-refractivity contribution in [2.24, 2.45) is 0 Å². The highest BCUT2D eigenvalue weighted by atomic mass is 35.5. The van der Waals surface area contributed by atoms with E-state index in [0.717, 1.165) is 32.5 Å². The van der Waals surface area contributed by atoms with Crippen molar-refractivity contribution in [1.82, 2.24) is 9.80 Å². The molecule has 0 bridgehead atoms. The summed E-state index contributed by atoms with van der Waals surface area (Å²) in [6, 6.07) is 14.4. The van der Waals surface area contributed by atoms with Gasteiger partial charge in [-0.3, -0.25) is 4.79 Å². The average Bonchev–Trinajstić information content (AvgIpc) is 2.83. The van der Waals surface area contributed by atoms with Crippen LogP contribution in [0.3, 0.4) is 0 Å². The van der Waals surface area contributed by atoms with Gasteiger partial charge in [-0.15, -0.1) is 0 Å². The molecule has 2 aromatic carbocycles. The molecular formula is C24H31ClN2O2. The highest BCUT2D eigenvalue weighted by Gasteiger charge is 2.26. The van der Waals surface area contributed by atoms with Crippen molar-refractivity contribution in [3.05, 3.63) is 64.2 Å². The maximum atomic E-state index is 11.5. The van der Waals surface area contributed by atoms with E-state index < -0.39 is 0 Å². The summed E-state index contributed by atoms with van der Waals surface area (Å²) in [7, 11) is 2.12. The SMILES string of the molecule is CC(=O)N(Cc1ccccc1)C1CCC1.CN1CCc2cc(O)c(Cl)cc2CC1. The van der Waals surface area contributed by atoms with E-state index in [4.69, 9.17) is 11.6 Å². The number of nitrogens with zero attached hydrogens (tertiary/aromatic N) is 2. The monoisotopic (exact) mass is 414 g/mol. The summed E-state index contributed by atoms with van der Waals surface area (Å²) in [5.41, 5.74) is 3.73. The van der Waals surface area contributed by atoms with Crippen LogP contribution in [-0.4, -0.2) is 47.0 Å². The molecule has 0 atom stereocenters.